The minimum atomic E-state index is -0.271. The highest BCUT2D eigenvalue weighted by molar-refractivity contribution is 9.10. The molecule has 0 aliphatic heterocycles. The predicted molar refractivity (Wildman–Crippen MR) is 85.5 cm³/mol. The number of fused-ring (bicyclic) bond motifs is 1. The molecule has 1 atom stereocenters. The van der Waals surface area contributed by atoms with Crippen molar-refractivity contribution >= 4 is 38.6 Å². The van der Waals surface area contributed by atoms with Gasteiger partial charge in [0.1, 0.15) is 0 Å². The minimum absolute atomic E-state index is 0.208. The van der Waals surface area contributed by atoms with Crippen LogP contribution >= 0.6 is 27.5 Å². The number of aryl methyl sites for hydroxylation is 1. The number of H-pyrrole nitrogens is 2. The lowest BCUT2D eigenvalue weighted by Crippen LogP contribution is -1.99. The van der Waals surface area contributed by atoms with Crippen LogP contribution in [0.5, 0.6) is 0 Å². The summed E-state index contributed by atoms with van der Waals surface area (Å²) in [6, 6.07) is 11.7. The molecule has 2 aromatic carbocycles. The number of rotatable bonds is 2. The Morgan fingerprint density at radius 3 is 2.70 bits per heavy atom. The van der Waals surface area contributed by atoms with Crippen molar-refractivity contribution in [1.82, 2.24) is 9.97 Å². The van der Waals surface area contributed by atoms with E-state index in [0.29, 0.717) is 0 Å². The summed E-state index contributed by atoms with van der Waals surface area (Å²) in [5.74, 6) is 0. The van der Waals surface area contributed by atoms with Gasteiger partial charge in [-0.1, -0.05) is 40.2 Å². The second-order valence-corrected chi connectivity index (χ2v) is 5.95. The fraction of sp³-hybridized carbons (Fsp3) is 0.133. The first kappa shape index (κ1) is 13.5. The van der Waals surface area contributed by atoms with Crippen LogP contribution in [0.25, 0.3) is 11.0 Å². The maximum atomic E-state index is 11.3. The molecule has 0 aliphatic rings. The average molecular weight is 352 g/mol. The number of alkyl halides is 1. The molecule has 20 heavy (non-hydrogen) atoms. The molecule has 0 radical (unpaired) electrons. The van der Waals surface area contributed by atoms with Crippen LogP contribution in [-0.2, 0) is 0 Å². The summed E-state index contributed by atoms with van der Waals surface area (Å²) in [4.78, 5) is 16.8. The van der Waals surface area contributed by atoms with Crippen LogP contribution in [0.1, 0.15) is 22.1 Å². The number of aromatic nitrogens is 2. The van der Waals surface area contributed by atoms with E-state index < -0.39 is 0 Å². The van der Waals surface area contributed by atoms with Gasteiger partial charge in [-0.2, -0.15) is 0 Å². The maximum absolute atomic E-state index is 11.3. The first-order valence-electron chi connectivity index (χ1n) is 6.17. The van der Waals surface area contributed by atoms with Crippen LogP contribution in [-0.4, -0.2) is 9.97 Å². The number of nitrogens with one attached hydrogen (secondary N) is 2. The first-order chi connectivity index (χ1) is 9.56. The van der Waals surface area contributed by atoms with Crippen molar-refractivity contribution < 1.29 is 0 Å². The fourth-order valence-electron chi connectivity index (χ4n) is 2.25. The number of aromatic amines is 2. The highest BCUT2D eigenvalue weighted by Crippen LogP contribution is 2.35. The third kappa shape index (κ3) is 2.30. The fourth-order valence-corrected chi connectivity index (χ4v) is 3.20. The molecule has 102 valence electrons. The van der Waals surface area contributed by atoms with Crippen LogP contribution in [0.15, 0.2) is 45.7 Å². The van der Waals surface area contributed by atoms with Gasteiger partial charge < -0.3 is 9.97 Å². The summed E-state index contributed by atoms with van der Waals surface area (Å²) in [5, 5.41) is -0.271. The lowest BCUT2D eigenvalue weighted by atomic mass is 10.0. The highest BCUT2D eigenvalue weighted by Gasteiger charge is 2.15. The van der Waals surface area contributed by atoms with Gasteiger partial charge in [0.05, 0.1) is 16.4 Å². The molecule has 1 heterocycles. The molecule has 3 aromatic rings. The zero-order valence-electron chi connectivity index (χ0n) is 10.7. The van der Waals surface area contributed by atoms with E-state index in [1.807, 2.05) is 43.3 Å². The normalized spacial score (nSPS) is 12.8. The third-order valence-electron chi connectivity index (χ3n) is 3.33. The Morgan fingerprint density at radius 2 is 1.90 bits per heavy atom. The van der Waals surface area contributed by atoms with Crippen molar-refractivity contribution in [1.29, 1.82) is 0 Å². The number of benzene rings is 2. The van der Waals surface area contributed by atoms with E-state index in [9.17, 15) is 4.79 Å². The second kappa shape index (κ2) is 5.11. The van der Waals surface area contributed by atoms with E-state index in [2.05, 4.69) is 25.9 Å². The van der Waals surface area contributed by atoms with Gasteiger partial charge in [-0.15, -0.1) is 11.6 Å². The van der Waals surface area contributed by atoms with Gasteiger partial charge in [-0.05, 0) is 35.7 Å². The zero-order chi connectivity index (χ0) is 14.3. The van der Waals surface area contributed by atoms with Crippen molar-refractivity contribution in [3.05, 3.63) is 68.0 Å². The number of hydrogen-bond acceptors (Lipinski definition) is 1. The molecular weight excluding hydrogens is 340 g/mol. The van der Waals surface area contributed by atoms with Gasteiger partial charge >= 0.3 is 5.69 Å². The van der Waals surface area contributed by atoms with E-state index >= 15 is 0 Å². The Bertz CT molecular complexity index is 837. The van der Waals surface area contributed by atoms with Crippen LogP contribution in [0, 0.1) is 6.92 Å². The largest absolute Gasteiger partial charge is 0.323 e. The van der Waals surface area contributed by atoms with Gasteiger partial charge in [-0.3, -0.25) is 0 Å². The van der Waals surface area contributed by atoms with Gasteiger partial charge in [-0.25, -0.2) is 4.79 Å². The topological polar surface area (TPSA) is 48.6 Å². The minimum Gasteiger partial charge on any atom is -0.306 e. The van der Waals surface area contributed by atoms with Gasteiger partial charge in [0, 0.05) is 4.47 Å². The Balaban J connectivity index is 2.09. The Labute approximate surface area is 129 Å². The summed E-state index contributed by atoms with van der Waals surface area (Å²) < 4.78 is 1.02. The first-order valence-corrected chi connectivity index (χ1v) is 7.40. The van der Waals surface area contributed by atoms with Crippen molar-refractivity contribution in [2.24, 2.45) is 0 Å². The van der Waals surface area contributed by atoms with Crippen molar-refractivity contribution in [3.63, 3.8) is 0 Å². The van der Waals surface area contributed by atoms with E-state index in [0.717, 1.165) is 32.2 Å². The van der Waals surface area contributed by atoms with Gasteiger partial charge in [0.2, 0.25) is 0 Å². The quantitative estimate of drug-likeness (QED) is 0.666. The van der Waals surface area contributed by atoms with Crippen molar-refractivity contribution in [3.8, 4) is 0 Å². The summed E-state index contributed by atoms with van der Waals surface area (Å²) in [5.41, 5.74) is 4.45. The summed E-state index contributed by atoms with van der Waals surface area (Å²) in [6.07, 6.45) is 0. The molecular formula is C15H12BrClN2O. The van der Waals surface area contributed by atoms with Crippen LogP contribution in [0.3, 0.4) is 0 Å². The lowest BCUT2D eigenvalue weighted by Gasteiger charge is -2.14. The number of hydrogen-bond donors (Lipinski definition) is 2. The molecule has 0 bridgehead atoms. The molecule has 1 aromatic heterocycles. The van der Waals surface area contributed by atoms with Gasteiger partial charge in [0.25, 0.3) is 0 Å². The van der Waals surface area contributed by atoms with E-state index in [1.165, 1.54) is 0 Å². The molecule has 2 N–H and O–H groups in total. The smallest absolute Gasteiger partial charge is 0.306 e. The molecule has 1 unspecified atom stereocenters. The SMILES string of the molecule is Cc1cccc(C(Cl)c2ccc3[nH]c(=O)[nH]c3c2)c1Br. The summed E-state index contributed by atoms with van der Waals surface area (Å²) in [6.45, 7) is 2.03. The van der Waals surface area contributed by atoms with E-state index in [1.54, 1.807) is 0 Å². The molecule has 0 saturated carbocycles. The lowest BCUT2D eigenvalue weighted by molar-refractivity contribution is 1.12. The monoisotopic (exact) mass is 350 g/mol. The van der Waals surface area contributed by atoms with Crippen LogP contribution < -0.4 is 5.69 Å². The summed E-state index contributed by atoms with van der Waals surface area (Å²) >= 11 is 10.2. The molecule has 5 heteroatoms. The molecule has 3 nitrogen and oxygen atoms in total. The van der Waals surface area contributed by atoms with Crippen molar-refractivity contribution in [2.75, 3.05) is 0 Å². The van der Waals surface area contributed by atoms with E-state index in [-0.39, 0.29) is 11.1 Å². The molecule has 0 saturated heterocycles. The Morgan fingerprint density at radius 1 is 1.15 bits per heavy atom. The zero-order valence-corrected chi connectivity index (χ0v) is 13.0. The van der Waals surface area contributed by atoms with Crippen LogP contribution in [0.4, 0.5) is 0 Å². The molecule has 0 aliphatic carbocycles. The highest BCUT2D eigenvalue weighted by atomic mass is 79.9. The molecule has 3 rings (SSSR count). The van der Waals surface area contributed by atoms with E-state index in [4.69, 9.17) is 11.6 Å². The maximum Gasteiger partial charge on any atom is 0.323 e. The van der Waals surface area contributed by atoms with Crippen LogP contribution in [0.2, 0.25) is 0 Å². The Kier molecular flexibility index (Phi) is 3.44. The average Bonchev–Trinajstić information content (AvgIpc) is 2.80. The molecule has 0 amide bonds. The predicted octanol–water partition coefficient (Wildman–Crippen LogP) is 4.26. The number of halogens is 2. The van der Waals surface area contributed by atoms with Crippen molar-refractivity contribution in [2.45, 2.75) is 12.3 Å². The molecule has 0 fully saturated rings. The Hall–Kier alpha value is -1.52. The third-order valence-corrected chi connectivity index (χ3v) is 4.90. The van der Waals surface area contributed by atoms with Gasteiger partial charge in [0.15, 0.2) is 0 Å². The molecule has 0 spiro atoms. The standard InChI is InChI=1S/C15H12BrClN2O/c1-8-3-2-4-10(13(8)16)14(17)9-5-6-11-12(7-9)19-15(20)18-11/h2-7,14H,1H3,(H2,18,19,20). The number of imidazole rings is 1. The second-order valence-electron chi connectivity index (χ2n) is 4.72. The summed E-state index contributed by atoms with van der Waals surface area (Å²) in [7, 11) is 0.